The van der Waals surface area contributed by atoms with E-state index in [2.05, 4.69) is 13.8 Å². The monoisotopic (exact) mass is 201 g/mol. The lowest BCUT2D eigenvalue weighted by Crippen LogP contribution is -1.97. The van der Waals surface area contributed by atoms with E-state index in [0.717, 1.165) is 26.2 Å². The second kappa shape index (κ2) is 12.9. The van der Waals surface area contributed by atoms with Crippen molar-refractivity contribution in [1.29, 1.82) is 0 Å². The van der Waals surface area contributed by atoms with Gasteiger partial charge in [-0.15, -0.1) is 0 Å². The normalized spacial score (nSPS) is 10.7. The van der Waals surface area contributed by atoms with Crippen LogP contribution in [-0.4, -0.2) is 26.4 Å². The highest BCUT2D eigenvalue weighted by Gasteiger charge is 1.91. The minimum atomic E-state index is 0.597. The van der Waals surface area contributed by atoms with Crippen LogP contribution >= 0.6 is 0 Å². The van der Waals surface area contributed by atoms with E-state index in [1.807, 2.05) is 0 Å². The van der Waals surface area contributed by atoms with Gasteiger partial charge >= 0.3 is 0 Å². The van der Waals surface area contributed by atoms with Gasteiger partial charge in [-0.05, 0) is 26.2 Å². The van der Waals surface area contributed by atoms with Gasteiger partial charge in [-0.25, -0.2) is 0 Å². The molecule has 0 aliphatic rings. The molecule has 0 aromatic carbocycles. The SMILES string of the molecule is [CH2]COCCCCCCOCCCC. The van der Waals surface area contributed by atoms with Crippen LogP contribution in [0.3, 0.4) is 0 Å². The van der Waals surface area contributed by atoms with Gasteiger partial charge in [-0.3, -0.25) is 0 Å². The van der Waals surface area contributed by atoms with Gasteiger partial charge in [0.15, 0.2) is 0 Å². The third-order valence-corrected chi connectivity index (χ3v) is 2.11. The van der Waals surface area contributed by atoms with Crippen molar-refractivity contribution < 1.29 is 9.47 Å². The molecule has 0 aromatic rings. The molecule has 2 nitrogen and oxygen atoms in total. The Morgan fingerprint density at radius 1 is 0.786 bits per heavy atom. The summed E-state index contributed by atoms with van der Waals surface area (Å²) < 4.78 is 10.6. The van der Waals surface area contributed by atoms with Crippen molar-refractivity contribution in [1.82, 2.24) is 0 Å². The molecule has 0 heterocycles. The van der Waals surface area contributed by atoms with Gasteiger partial charge in [0.25, 0.3) is 0 Å². The van der Waals surface area contributed by atoms with Crippen LogP contribution in [0.25, 0.3) is 0 Å². The van der Waals surface area contributed by atoms with Crippen LogP contribution < -0.4 is 0 Å². The Morgan fingerprint density at radius 3 is 1.93 bits per heavy atom. The third-order valence-electron chi connectivity index (χ3n) is 2.11. The summed E-state index contributed by atoms with van der Waals surface area (Å²) in [7, 11) is 0. The molecule has 0 bridgehead atoms. The van der Waals surface area contributed by atoms with Crippen molar-refractivity contribution in [3.05, 3.63) is 6.92 Å². The van der Waals surface area contributed by atoms with Crippen molar-refractivity contribution in [2.24, 2.45) is 0 Å². The maximum absolute atomic E-state index is 5.46. The Kier molecular flexibility index (Phi) is 12.8. The van der Waals surface area contributed by atoms with Crippen molar-refractivity contribution in [3.8, 4) is 0 Å². The Hall–Kier alpha value is -0.0800. The van der Waals surface area contributed by atoms with Crippen molar-refractivity contribution in [2.75, 3.05) is 26.4 Å². The van der Waals surface area contributed by atoms with E-state index in [1.165, 1.54) is 32.1 Å². The summed E-state index contributed by atoms with van der Waals surface area (Å²) in [4.78, 5) is 0. The fourth-order valence-corrected chi connectivity index (χ4v) is 1.21. The predicted octanol–water partition coefficient (Wildman–Crippen LogP) is 3.21. The highest BCUT2D eigenvalue weighted by molar-refractivity contribution is 4.43. The maximum Gasteiger partial charge on any atom is 0.0466 e. The Bertz CT molecular complexity index is 82.3. The average molecular weight is 201 g/mol. The first-order valence-electron chi connectivity index (χ1n) is 5.86. The molecule has 85 valence electrons. The van der Waals surface area contributed by atoms with Crippen LogP contribution in [0.2, 0.25) is 0 Å². The molecule has 0 spiro atoms. The summed E-state index contributed by atoms with van der Waals surface area (Å²) in [6, 6.07) is 0. The fourth-order valence-electron chi connectivity index (χ4n) is 1.21. The molecule has 0 fully saturated rings. The zero-order valence-corrected chi connectivity index (χ0v) is 9.59. The Morgan fingerprint density at radius 2 is 1.36 bits per heavy atom. The zero-order valence-electron chi connectivity index (χ0n) is 9.59. The smallest absolute Gasteiger partial charge is 0.0466 e. The molecule has 0 rings (SSSR count). The first-order chi connectivity index (χ1) is 6.91. The largest absolute Gasteiger partial charge is 0.381 e. The predicted molar refractivity (Wildman–Crippen MR) is 60.4 cm³/mol. The van der Waals surface area contributed by atoms with E-state index in [1.54, 1.807) is 0 Å². The van der Waals surface area contributed by atoms with Gasteiger partial charge in [-0.2, -0.15) is 0 Å². The quantitative estimate of drug-likeness (QED) is 0.478. The van der Waals surface area contributed by atoms with Crippen molar-refractivity contribution >= 4 is 0 Å². The Labute approximate surface area is 89.0 Å². The molecule has 1 radical (unpaired) electrons. The Balaban J connectivity index is 2.78. The lowest BCUT2D eigenvalue weighted by Gasteiger charge is -2.03. The second-order valence-electron chi connectivity index (χ2n) is 3.49. The molecule has 0 aromatic heterocycles. The van der Waals surface area contributed by atoms with Crippen LogP contribution in [0.4, 0.5) is 0 Å². The third kappa shape index (κ3) is 11.9. The van der Waals surface area contributed by atoms with Crippen LogP contribution in [0.1, 0.15) is 45.4 Å². The summed E-state index contributed by atoms with van der Waals surface area (Å²) in [5.74, 6) is 0. The number of hydrogen-bond acceptors (Lipinski definition) is 2. The average Bonchev–Trinajstić information content (AvgIpc) is 2.21. The van der Waals surface area contributed by atoms with E-state index in [9.17, 15) is 0 Å². The van der Waals surface area contributed by atoms with Crippen LogP contribution in [0, 0.1) is 6.92 Å². The van der Waals surface area contributed by atoms with Gasteiger partial charge in [0.05, 0.1) is 0 Å². The fraction of sp³-hybridized carbons (Fsp3) is 0.917. The van der Waals surface area contributed by atoms with Gasteiger partial charge < -0.3 is 9.47 Å². The van der Waals surface area contributed by atoms with E-state index in [4.69, 9.17) is 9.47 Å². The number of unbranched alkanes of at least 4 members (excludes halogenated alkanes) is 4. The molecule has 0 aliphatic heterocycles. The van der Waals surface area contributed by atoms with Gasteiger partial charge in [0.1, 0.15) is 0 Å². The summed E-state index contributed by atoms with van der Waals surface area (Å²) in [5.41, 5.74) is 0. The summed E-state index contributed by atoms with van der Waals surface area (Å²) in [6.45, 7) is 9.12. The van der Waals surface area contributed by atoms with E-state index >= 15 is 0 Å². The lowest BCUT2D eigenvalue weighted by molar-refractivity contribution is 0.124. The molecule has 0 saturated heterocycles. The highest BCUT2D eigenvalue weighted by atomic mass is 16.5. The molecule has 0 saturated carbocycles. The van der Waals surface area contributed by atoms with Crippen LogP contribution in [0.5, 0.6) is 0 Å². The minimum Gasteiger partial charge on any atom is -0.381 e. The second-order valence-corrected chi connectivity index (χ2v) is 3.49. The number of rotatable bonds is 11. The molecule has 0 amide bonds. The topological polar surface area (TPSA) is 18.5 Å². The first-order valence-corrected chi connectivity index (χ1v) is 5.86. The molecular weight excluding hydrogens is 176 g/mol. The molecule has 2 heteroatoms. The number of ether oxygens (including phenoxy) is 2. The maximum atomic E-state index is 5.46. The van der Waals surface area contributed by atoms with Crippen molar-refractivity contribution in [3.63, 3.8) is 0 Å². The molecule has 0 atom stereocenters. The molecule has 0 unspecified atom stereocenters. The summed E-state index contributed by atoms with van der Waals surface area (Å²) in [6.07, 6.45) is 7.27. The van der Waals surface area contributed by atoms with Crippen LogP contribution in [0.15, 0.2) is 0 Å². The van der Waals surface area contributed by atoms with Gasteiger partial charge in [0.2, 0.25) is 0 Å². The van der Waals surface area contributed by atoms with Gasteiger partial charge in [0, 0.05) is 26.4 Å². The molecule has 0 aliphatic carbocycles. The van der Waals surface area contributed by atoms with E-state index in [-0.39, 0.29) is 0 Å². The minimum absolute atomic E-state index is 0.597. The first kappa shape index (κ1) is 13.9. The zero-order chi connectivity index (χ0) is 10.5. The molecular formula is C12H25O2. The lowest BCUT2D eigenvalue weighted by atomic mass is 10.2. The molecule has 0 N–H and O–H groups in total. The van der Waals surface area contributed by atoms with E-state index in [0.29, 0.717) is 6.61 Å². The van der Waals surface area contributed by atoms with E-state index < -0.39 is 0 Å². The summed E-state index contributed by atoms with van der Waals surface area (Å²) in [5, 5.41) is 0. The van der Waals surface area contributed by atoms with Gasteiger partial charge in [-0.1, -0.05) is 26.2 Å². The standard InChI is InChI=1S/C12H25O2/c1-3-5-10-14-12-9-7-6-8-11-13-4-2/h2-12H2,1H3. The number of hydrogen-bond donors (Lipinski definition) is 0. The summed E-state index contributed by atoms with van der Waals surface area (Å²) >= 11 is 0. The highest BCUT2D eigenvalue weighted by Crippen LogP contribution is 2.00. The molecule has 14 heavy (non-hydrogen) atoms. The van der Waals surface area contributed by atoms with Crippen molar-refractivity contribution in [2.45, 2.75) is 45.4 Å². The van der Waals surface area contributed by atoms with Crippen LogP contribution in [-0.2, 0) is 9.47 Å².